The quantitative estimate of drug-likeness (QED) is 0.588. The summed E-state index contributed by atoms with van der Waals surface area (Å²) in [5.74, 6) is -0.381. The van der Waals surface area contributed by atoms with E-state index in [0.29, 0.717) is 18.0 Å². The summed E-state index contributed by atoms with van der Waals surface area (Å²) in [7, 11) is 0. The van der Waals surface area contributed by atoms with Crippen molar-refractivity contribution in [1.82, 2.24) is 20.5 Å². The van der Waals surface area contributed by atoms with Crippen LogP contribution in [0.25, 0.3) is 10.4 Å². The lowest BCUT2D eigenvalue weighted by Crippen LogP contribution is -2.51. The van der Waals surface area contributed by atoms with E-state index in [9.17, 15) is 14.7 Å². The minimum atomic E-state index is -0.634. The van der Waals surface area contributed by atoms with Crippen LogP contribution in [0.5, 0.6) is 0 Å². The van der Waals surface area contributed by atoms with Crippen LogP contribution in [-0.4, -0.2) is 56.5 Å². The molecule has 1 aromatic carbocycles. The number of benzene rings is 1. The number of rotatable bonds is 6. The number of thiazole rings is 1. The molecule has 0 saturated carbocycles. The Morgan fingerprint density at radius 3 is 2.67 bits per heavy atom. The lowest BCUT2D eigenvalue weighted by molar-refractivity contribution is -0.124. The molecule has 3 atom stereocenters. The van der Waals surface area contributed by atoms with Gasteiger partial charge in [0.1, 0.15) is 11.0 Å². The highest BCUT2D eigenvalue weighted by molar-refractivity contribution is 7.80. The predicted molar refractivity (Wildman–Crippen MR) is 121 cm³/mol. The van der Waals surface area contributed by atoms with Gasteiger partial charge in [-0.15, -0.1) is 11.3 Å². The Morgan fingerprint density at radius 2 is 2.07 bits per heavy atom. The minimum Gasteiger partial charge on any atom is -0.391 e. The molecule has 2 heterocycles. The van der Waals surface area contributed by atoms with E-state index in [0.717, 1.165) is 21.7 Å². The van der Waals surface area contributed by atoms with E-state index in [2.05, 4.69) is 15.6 Å². The zero-order valence-electron chi connectivity index (χ0n) is 17.2. The summed E-state index contributed by atoms with van der Waals surface area (Å²) in [6.45, 7) is 5.84. The maximum Gasteiger partial charge on any atom is 0.243 e. The van der Waals surface area contributed by atoms with E-state index in [1.807, 2.05) is 36.7 Å². The number of carbonyl (C=O) groups excluding carboxylic acids is 2. The number of aliphatic hydroxyl groups excluding tert-OH is 1. The number of carbonyl (C=O) groups is 2. The van der Waals surface area contributed by atoms with Crippen LogP contribution in [0.2, 0.25) is 0 Å². The summed E-state index contributed by atoms with van der Waals surface area (Å²) >= 11 is 7.07. The lowest BCUT2D eigenvalue weighted by Gasteiger charge is -2.29. The molecule has 3 rings (SSSR count). The summed E-state index contributed by atoms with van der Waals surface area (Å²) in [6.07, 6.45) is -0.326. The van der Waals surface area contributed by atoms with Gasteiger partial charge in [0.25, 0.3) is 0 Å². The molecule has 0 aliphatic carbocycles. The first-order valence-electron chi connectivity index (χ1n) is 9.79. The average Bonchev–Trinajstić information content (AvgIpc) is 3.31. The molecule has 160 valence electrons. The van der Waals surface area contributed by atoms with Gasteiger partial charge in [-0.1, -0.05) is 36.5 Å². The molecule has 0 bridgehead atoms. The van der Waals surface area contributed by atoms with Gasteiger partial charge in [0.2, 0.25) is 11.8 Å². The topological polar surface area (TPSA) is 94.6 Å². The van der Waals surface area contributed by atoms with Crippen molar-refractivity contribution >= 4 is 40.4 Å². The van der Waals surface area contributed by atoms with Gasteiger partial charge in [0, 0.05) is 26.4 Å². The Bertz CT molecular complexity index is 929. The number of likely N-dealkylation sites (tertiary alicyclic amines) is 1. The van der Waals surface area contributed by atoms with E-state index >= 15 is 0 Å². The standard InChI is InChI=1S/C21H26N4O3S2/c1-12-19(30-11-23-12)16-6-4-15(5-7-16)9-22-20(28)18-8-17(27)10-25(18)21(29)13(2)24-14(3)26/h4-7,11,13,17-18,27H,8-10H2,1-3H3,(H,22,28)(H,24,26)/t13-,17+,18-/m0/s1. The van der Waals surface area contributed by atoms with Crippen LogP contribution in [0.15, 0.2) is 29.8 Å². The van der Waals surface area contributed by atoms with Crippen molar-refractivity contribution in [1.29, 1.82) is 0 Å². The second kappa shape index (κ2) is 9.63. The summed E-state index contributed by atoms with van der Waals surface area (Å²) in [5.41, 5.74) is 4.92. The monoisotopic (exact) mass is 446 g/mol. The molecule has 0 unspecified atom stereocenters. The normalized spacial score (nSPS) is 19.4. The summed E-state index contributed by atoms with van der Waals surface area (Å²) in [6, 6.07) is 7.08. The number of thiocarbonyl (C=S) groups is 1. The molecule has 2 amide bonds. The van der Waals surface area contributed by atoms with Crippen LogP contribution in [0.1, 0.15) is 31.5 Å². The van der Waals surface area contributed by atoms with Gasteiger partial charge in [-0.2, -0.15) is 0 Å². The third-order valence-corrected chi connectivity index (χ3v) is 6.65. The minimum absolute atomic E-state index is 0.189. The fraction of sp³-hybridized carbons (Fsp3) is 0.429. The van der Waals surface area contributed by atoms with Crippen LogP contribution >= 0.6 is 23.6 Å². The van der Waals surface area contributed by atoms with Gasteiger partial charge in [0.15, 0.2) is 0 Å². The van der Waals surface area contributed by atoms with Crippen molar-refractivity contribution in [2.24, 2.45) is 0 Å². The van der Waals surface area contributed by atoms with E-state index in [-0.39, 0.29) is 24.4 Å². The van der Waals surface area contributed by atoms with Crippen molar-refractivity contribution in [2.75, 3.05) is 6.54 Å². The fourth-order valence-corrected chi connectivity index (χ4v) is 4.65. The highest BCUT2D eigenvalue weighted by Crippen LogP contribution is 2.27. The molecule has 9 heteroatoms. The predicted octanol–water partition coefficient (Wildman–Crippen LogP) is 2.02. The molecule has 7 nitrogen and oxygen atoms in total. The zero-order valence-corrected chi connectivity index (χ0v) is 18.8. The molecule has 1 fully saturated rings. The number of aromatic nitrogens is 1. The molecular weight excluding hydrogens is 420 g/mol. The molecule has 2 aromatic rings. The summed E-state index contributed by atoms with van der Waals surface area (Å²) in [5, 5.41) is 15.8. The number of hydrogen-bond donors (Lipinski definition) is 3. The van der Waals surface area contributed by atoms with Gasteiger partial charge < -0.3 is 20.6 Å². The van der Waals surface area contributed by atoms with Gasteiger partial charge in [-0.05, 0) is 25.0 Å². The second-order valence-corrected chi connectivity index (χ2v) is 8.77. The van der Waals surface area contributed by atoms with Crippen LogP contribution < -0.4 is 10.6 Å². The SMILES string of the molecule is CC(=O)N[C@@H](C)C(=S)N1C[C@H](O)C[C@H]1C(=O)NCc1ccc(-c2scnc2C)cc1. The Balaban J connectivity index is 1.61. The fourth-order valence-electron chi connectivity index (χ4n) is 3.58. The number of hydrogen-bond acceptors (Lipinski definition) is 6. The zero-order chi connectivity index (χ0) is 21.8. The summed E-state index contributed by atoms with van der Waals surface area (Å²) in [4.78, 5) is 31.7. The van der Waals surface area contributed by atoms with Crippen molar-refractivity contribution in [2.45, 2.75) is 51.9 Å². The first-order valence-corrected chi connectivity index (χ1v) is 11.1. The molecule has 0 radical (unpaired) electrons. The molecule has 3 N–H and O–H groups in total. The average molecular weight is 447 g/mol. The first-order chi connectivity index (χ1) is 14.3. The van der Waals surface area contributed by atoms with Gasteiger partial charge in [-0.3, -0.25) is 9.59 Å². The van der Waals surface area contributed by atoms with Crippen molar-refractivity contribution in [3.8, 4) is 10.4 Å². The number of aliphatic hydroxyl groups is 1. The van der Waals surface area contributed by atoms with E-state index in [4.69, 9.17) is 12.2 Å². The molecule has 1 saturated heterocycles. The molecule has 30 heavy (non-hydrogen) atoms. The lowest BCUT2D eigenvalue weighted by atomic mass is 10.1. The Hall–Kier alpha value is -2.36. The largest absolute Gasteiger partial charge is 0.391 e. The Kier molecular flexibility index (Phi) is 7.17. The number of amides is 2. The highest BCUT2D eigenvalue weighted by Gasteiger charge is 2.38. The van der Waals surface area contributed by atoms with Gasteiger partial charge >= 0.3 is 0 Å². The van der Waals surface area contributed by atoms with E-state index in [1.165, 1.54) is 6.92 Å². The highest BCUT2D eigenvalue weighted by atomic mass is 32.1. The van der Waals surface area contributed by atoms with Crippen molar-refractivity contribution in [3.05, 3.63) is 41.0 Å². The maximum absolute atomic E-state index is 12.8. The maximum atomic E-state index is 12.8. The second-order valence-electron chi connectivity index (χ2n) is 7.50. The van der Waals surface area contributed by atoms with Crippen LogP contribution in [0.4, 0.5) is 0 Å². The first kappa shape index (κ1) is 22.3. The van der Waals surface area contributed by atoms with Crippen molar-refractivity contribution in [3.63, 3.8) is 0 Å². The van der Waals surface area contributed by atoms with E-state index < -0.39 is 12.1 Å². The Morgan fingerprint density at radius 1 is 1.37 bits per heavy atom. The molecule has 1 aliphatic rings. The van der Waals surface area contributed by atoms with E-state index in [1.54, 1.807) is 23.2 Å². The summed E-state index contributed by atoms with van der Waals surface area (Å²) < 4.78 is 0. The van der Waals surface area contributed by atoms with Crippen LogP contribution in [0, 0.1) is 6.92 Å². The third kappa shape index (κ3) is 5.21. The Labute approximate surface area is 185 Å². The smallest absolute Gasteiger partial charge is 0.243 e. The molecular formula is C21H26N4O3S2. The number of aryl methyl sites for hydroxylation is 1. The third-order valence-electron chi connectivity index (χ3n) is 5.08. The van der Waals surface area contributed by atoms with Crippen LogP contribution in [-0.2, 0) is 16.1 Å². The molecule has 0 spiro atoms. The molecule has 1 aliphatic heterocycles. The number of nitrogens with one attached hydrogen (secondary N) is 2. The molecule has 1 aromatic heterocycles. The van der Waals surface area contributed by atoms with Gasteiger partial charge in [-0.25, -0.2) is 4.98 Å². The number of nitrogens with zero attached hydrogens (tertiary/aromatic N) is 2. The van der Waals surface area contributed by atoms with Crippen molar-refractivity contribution < 1.29 is 14.7 Å². The van der Waals surface area contributed by atoms with Crippen LogP contribution in [0.3, 0.4) is 0 Å². The number of β-amino-alcohol motifs (C(OH)–C–C–N with tert-alkyl or cyclic N) is 1. The van der Waals surface area contributed by atoms with Gasteiger partial charge in [0.05, 0.1) is 28.2 Å².